The van der Waals surface area contributed by atoms with Crippen molar-refractivity contribution in [2.24, 2.45) is 0 Å². The van der Waals surface area contributed by atoms with Gasteiger partial charge in [0.2, 0.25) is 0 Å². The summed E-state index contributed by atoms with van der Waals surface area (Å²) in [6.07, 6.45) is 0. The molecule has 0 fully saturated rings. The average Bonchev–Trinajstić information content (AvgIpc) is 2.64. The van der Waals surface area contributed by atoms with Crippen LogP contribution >= 0.6 is 11.3 Å². The summed E-state index contributed by atoms with van der Waals surface area (Å²) < 4.78 is 0. The minimum atomic E-state index is -0.871. The van der Waals surface area contributed by atoms with Crippen molar-refractivity contribution < 1.29 is 9.90 Å². The van der Waals surface area contributed by atoms with E-state index in [-0.39, 0.29) is 0 Å². The van der Waals surface area contributed by atoms with E-state index in [4.69, 9.17) is 0 Å². The number of hydrogen-bond acceptors (Lipinski definition) is 2. The number of thiophene rings is 1. The van der Waals surface area contributed by atoms with Crippen LogP contribution in [-0.4, -0.2) is 11.1 Å². The van der Waals surface area contributed by atoms with Crippen molar-refractivity contribution in [3.8, 4) is 11.1 Å². The van der Waals surface area contributed by atoms with Gasteiger partial charge in [-0.15, -0.1) is 11.3 Å². The van der Waals surface area contributed by atoms with Gasteiger partial charge in [0, 0.05) is 4.88 Å². The number of benzene rings is 1. The molecule has 0 spiro atoms. The largest absolute Gasteiger partial charge is 0.478 e. The third-order valence-corrected chi connectivity index (χ3v) is 3.40. The lowest BCUT2D eigenvalue weighted by atomic mass is 9.98. The molecule has 1 aromatic carbocycles. The first-order valence-corrected chi connectivity index (χ1v) is 5.86. The number of hydrogen-bond donors (Lipinski definition) is 1. The van der Waals surface area contributed by atoms with E-state index in [1.54, 1.807) is 17.4 Å². The molecule has 2 rings (SSSR count). The van der Waals surface area contributed by atoms with E-state index in [2.05, 4.69) is 0 Å². The Bertz CT molecular complexity index is 541. The first-order valence-electron chi connectivity index (χ1n) is 4.98. The van der Waals surface area contributed by atoms with E-state index in [0.717, 1.165) is 21.6 Å². The highest BCUT2D eigenvalue weighted by Gasteiger charge is 2.13. The highest BCUT2D eigenvalue weighted by Crippen LogP contribution is 2.30. The highest BCUT2D eigenvalue weighted by molar-refractivity contribution is 7.10. The molecule has 1 heterocycles. The fourth-order valence-corrected chi connectivity index (χ4v) is 2.45. The Balaban J connectivity index is 2.65. The molecule has 3 heteroatoms. The van der Waals surface area contributed by atoms with Crippen LogP contribution in [-0.2, 0) is 0 Å². The Morgan fingerprint density at radius 1 is 1.19 bits per heavy atom. The number of aromatic carboxylic acids is 1. The van der Waals surface area contributed by atoms with Crippen LogP contribution in [0.1, 0.15) is 20.8 Å². The van der Waals surface area contributed by atoms with Crippen LogP contribution in [0, 0.1) is 13.8 Å². The summed E-state index contributed by atoms with van der Waals surface area (Å²) in [6.45, 7) is 3.90. The van der Waals surface area contributed by atoms with Crippen molar-refractivity contribution >= 4 is 17.3 Å². The van der Waals surface area contributed by atoms with Gasteiger partial charge in [-0.05, 0) is 42.5 Å². The van der Waals surface area contributed by atoms with Gasteiger partial charge in [-0.2, -0.15) is 0 Å². The second-order valence-corrected chi connectivity index (χ2v) is 4.86. The second kappa shape index (κ2) is 4.10. The summed E-state index contributed by atoms with van der Waals surface area (Å²) in [6, 6.07) is 7.51. The quantitative estimate of drug-likeness (QED) is 0.856. The molecule has 0 saturated heterocycles. The molecule has 82 valence electrons. The zero-order valence-electron chi connectivity index (χ0n) is 9.15. The molecule has 0 saturated carbocycles. The van der Waals surface area contributed by atoms with E-state index in [0.29, 0.717) is 5.56 Å². The SMILES string of the molecule is Cc1ccc(-c2ccsc2C)c(C(=O)O)c1. The molecule has 0 aliphatic carbocycles. The standard InChI is InChI=1S/C13H12O2S/c1-8-3-4-11(12(7-8)13(14)15)10-5-6-16-9(10)2/h3-7H,1-2H3,(H,14,15). The smallest absolute Gasteiger partial charge is 0.336 e. The molecule has 0 unspecified atom stereocenters. The van der Waals surface area contributed by atoms with Gasteiger partial charge in [0.25, 0.3) is 0 Å². The van der Waals surface area contributed by atoms with Gasteiger partial charge in [0.1, 0.15) is 0 Å². The minimum absolute atomic E-state index is 0.376. The maximum atomic E-state index is 11.2. The van der Waals surface area contributed by atoms with Crippen LogP contribution in [0.2, 0.25) is 0 Å². The van der Waals surface area contributed by atoms with Crippen LogP contribution in [0.25, 0.3) is 11.1 Å². The molecular formula is C13H12O2S. The van der Waals surface area contributed by atoms with Crippen LogP contribution in [0.3, 0.4) is 0 Å². The summed E-state index contributed by atoms with van der Waals surface area (Å²) >= 11 is 1.63. The van der Waals surface area contributed by atoms with Crippen LogP contribution in [0.5, 0.6) is 0 Å². The molecule has 0 bridgehead atoms. The normalized spacial score (nSPS) is 10.4. The van der Waals surface area contributed by atoms with Gasteiger partial charge in [-0.25, -0.2) is 4.79 Å². The summed E-state index contributed by atoms with van der Waals surface area (Å²) in [4.78, 5) is 12.3. The number of aryl methyl sites for hydroxylation is 2. The predicted molar refractivity (Wildman–Crippen MR) is 66.2 cm³/mol. The summed E-state index contributed by atoms with van der Waals surface area (Å²) in [5.74, 6) is -0.871. The number of rotatable bonds is 2. The molecule has 16 heavy (non-hydrogen) atoms. The first kappa shape index (κ1) is 10.9. The van der Waals surface area contributed by atoms with Crippen LogP contribution in [0.4, 0.5) is 0 Å². The van der Waals surface area contributed by atoms with E-state index < -0.39 is 5.97 Å². The monoisotopic (exact) mass is 232 g/mol. The second-order valence-electron chi connectivity index (χ2n) is 3.74. The molecule has 2 aromatic rings. The van der Waals surface area contributed by atoms with E-state index in [9.17, 15) is 9.90 Å². The number of carbonyl (C=O) groups is 1. The Morgan fingerprint density at radius 2 is 1.94 bits per heavy atom. The van der Waals surface area contributed by atoms with Crippen molar-refractivity contribution in [3.05, 3.63) is 45.6 Å². The number of carboxylic acid groups (broad SMARTS) is 1. The highest BCUT2D eigenvalue weighted by atomic mass is 32.1. The van der Waals surface area contributed by atoms with Crippen molar-refractivity contribution in [1.29, 1.82) is 0 Å². The van der Waals surface area contributed by atoms with Gasteiger partial charge >= 0.3 is 5.97 Å². The van der Waals surface area contributed by atoms with Crippen LogP contribution in [0.15, 0.2) is 29.6 Å². The topological polar surface area (TPSA) is 37.3 Å². The number of carboxylic acids is 1. The molecule has 1 aromatic heterocycles. The van der Waals surface area contributed by atoms with Gasteiger partial charge < -0.3 is 5.11 Å². The summed E-state index contributed by atoms with van der Waals surface area (Å²) in [7, 11) is 0. The Labute approximate surface area is 98.2 Å². The average molecular weight is 232 g/mol. The van der Waals surface area contributed by atoms with Crippen molar-refractivity contribution in [3.63, 3.8) is 0 Å². The molecule has 2 nitrogen and oxygen atoms in total. The maximum absolute atomic E-state index is 11.2. The van der Waals surface area contributed by atoms with Gasteiger partial charge in [0.05, 0.1) is 5.56 Å². The third kappa shape index (κ3) is 1.86. The van der Waals surface area contributed by atoms with Crippen LogP contribution < -0.4 is 0 Å². The zero-order valence-corrected chi connectivity index (χ0v) is 9.97. The minimum Gasteiger partial charge on any atom is -0.478 e. The van der Waals surface area contributed by atoms with Crippen molar-refractivity contribution in [1.82, 2.24) is 0 Å². The molecule has 1 N–H and O–H groups in total. The predicted octanol–water partition coefficient (Wildman–Crippen LogP) is 3.73. The lowest BCUT2D eigenvalue weighted by Crippen LogP contribution is -2.00. The summed E-state index contributed by atoms with van der Waals surface area (Å²) in [5.41, 5.74) is 3.16. The molecule has 0 radical (unpaired) electrons. The van der Waals surface area contributed by atoms with E-state index in [1.165, 1.54) is 0 Å². The molecule has 0 amide bonds. The Morgan fingerprint density at radius 3 is 2.50 bits per heavy atom. The third-order valence-electron chi connectivity index (χ3n) is 2.55. The first-order chi connectivity index (χ1) is 7.59. The molecule has 0 aliphatic rings. The Hall–Kier alpha value is -1.61. The lowest BCUT2D eigenvalue weighted by Gasteiger charge is -2.06. The lowest BCUT2D eigenvalue weighted by molar-refractivity contribution is 0.0697. The van der Waals surface area contributed by atoms with Gasteiger partial charge in [0.15, 0.2) is 0 Å². The maximum Gasteiger partial charge on any atom is 0.336 e. The summed E-state index contributed by atoms with van der Waals surface area (Å²) in [5, 5.41) is 11.2. The van der Waals surface area contributed by atoms with Crippen molar-refractivity contribution in [2.45, 2.75) is 13.8 Å². The van der Waals surface area contributed by atoms with E-state index in [1.807, 2.05) is 37.4 Å². The fraction of sp³-hybridized carbons (Fsp3) is 0.154. The fourth-order valence-electron chi connectivity index (χ4n) is 1.73. The molecule has 0 atom stereocenters. The molecule has 0 aliphatic heterocycles. The van der Waals surface area contributed by atoms with E-state index >= 15 is 0 Å². The Kier molecular flexibility index (Phi) is 2.79. The van der Waals surface area contributed by atoms with Gasteiger partial charge in [-0.3, -0.25) is 0 Å². The zero-order chi connectivity index (χ0) is 11.7. The molecular weight excluding hydrogens is 220 g/mol. The van der Waals surface area contributed by atoms with Gasteiger partial charge in [-0.1, -0.05) is 17.7 Å². The van der Waals surface area contributed by atoms with Crippen molar-refractivity contribution in [2.75, 3.05) is 0 Å².